The molecule has 0 radical (unpaired) electrons. The van der Waals surface area contributed by atoms with E-state index >= 15 is 0 Å². The van der Waals surface area contributed by atoms with E-state index in [-0.39, 0.29) is 0 Å². The zero-order chi connectivity index (χ0) is 19.6. The third kappa shape index (κ3) is 3.69. The molecule has 0 saturated carbocycles. The summed E-state index contributed by atoms with van der Waals surface area (Å²) in [4.78, 5) is 9.20. The second-order valence-electron chi connectivity index (χ2n) is 7.33. The SMILES string of the molecule is Cn1cc(-c2cccc(-c3ncc(-c4cnn(C5CCOCC5)c4)cn3)c2)cn1. The Bertz CT molecular complexity index is 1110. The lowest BCUT2D eigenvalue weighted by atomic mass is 10.1. The van der Waals surface area contributed by atoms with Crippen molar-refractivity contribution in [1.82, 2.24) is 29.5 Å². The van der Waals surface area contributed by atoms with Gasteiger partial charge in [-0.15, -0.1) is 0 Å². The minimum atomic E-state index is 0.410. The maximum absolute atomic E-state index is 5.44. The van der Waals surface area contributed by atoms with Crippen molar-refractivity contribution < 1.29 is 4.74 Å². The van der Waals surface area contributed by atoms with E-state index in [0.717, 1.165) is 53.9 Å². The predicted octanol–water partition coefficient (Wildman–Crippen LogP) is 3.76. The molecule has 7 nitrogen and oxygen atoms in total. The highest BCUT2D eigenvalue weighted by molar-refractivity contribution is 5.70. The van der Waals surface area contributed by atoms with Crippen LogP contribution in [0.5, 0.6) is 0 Å². The van der Waals surface area contributed by atoms with Crippen molar-refractivity contribution in [3.63, 3.8) is 0 Å². The Morgan fingerprint density at radius 1 is 0.828 bits per heavy atom. The van der Waals surface area contributed by atoms with Gasteiger partial charge in [0.05, 0.1) is 18.4 Å². The molecule has 0 N–H and O–H groups in total. The summed E-state index contributed by atoms with van der Waals surface area (Å²) in [6.45, 7) is 1.60. The maximum Gasteiger partial charge on any atom is 0.159 e. The fourth-order valence-corrected chi connectivity index (χ4v) is 3.67. The van der Waals surface area contributed by atoms with Crippen molar-refractivity contribution in [3.8, 4) is 33.6 Å². The highest BCUT2D eigenvalue weighted by Gasteiger charge is 2.17. The summed E-state index contributed by atoms with van der Waals surface area (Å²) in [7, 11) is 1.92. The fourth-order valence-electron chi connectivity index (χ4n) is 3.67. The molecule has 5 rings (SSSR count). The van der Waals surface area contributed by atoms with Crippen LogP contribution in [0.25, 0.3) is 33.6 Å². The van der Waals surface area contributed by atoms with Gasteiger partial charge in [0.1, 0.15) is 0 Å². The molecule has 4 heterocycles. The van der Waals surface area contributed by atoms with Crippen molar-refractivity contribution in [2.45, 2.75) is 18.9 Å². The van der Waals surface area contributed by atoms with Crippen LogP contribution >= 0.6 is 0 Å². The maximum atomic E-state index is 5.44. The second kappa shape index (κ2) is 7.60. The number of benzene rings is 1. The molecule has 0 atom stereocenters. The lowest BCUT2D eigenvalue weighted by Gasteiger charge is -2.22. The van der Waals surface area contributed by atoms with Crippen LogP contribution in [0.1, 0.15) is 18.9 Å². The summed E-state index contributed by atoms with van der Waals surface area (Å²) >= 11 is 0. The van der Waals surface area contributed by atoms with Gasteiger partial charge in [0.2, 0.25) is 0 Å². The van der Waals surface area contributed by atoms with Crippen molar-refractivity contribution in [1.29, 1.82) is 0 Å². The highest BCUT2D eigenvalue weighted by atomic mass is 16.5. The molecule has 146 valence electrons. The Morgan fingerprint density at radius 2 is 1.55 bits per heavy atom. The lowest BCUT2D eigenvalue weighted by molar-refractivity contribution is 0.0662. The Morgan fingerprint density at radius 3 is 2.31 bits per heavy atom. The first-order chi connectivity index (χ1) is 14.3. The Labute approximate surface area is 169 Å². The number of nitrogens with zero attached hydrogens (tertiary/aromatic N) is 6. The molecule has 1 aromatic carbocycles. The molecule has 1 fully saturated rings. The first-order valence-corrected chi connectivity index (χ1v) is 9.80. The molecule has 0 amide bonds. The smallest absolute Gasteiger partial charge is 0.159 e. The molecule has 3 aromatic heterocycles. The summed E-state index contributed by atoms with van der Waals surface area (Å²) in [5, 5.41) is 8.79. The van der Waals surface area contributed by atoms with Crippen LogP contribution < -0.4 is 0 Å². The van der Waals surface area contributed by atoms with Crippen LogP contribution in [0.3, 0.4) is 0 Å². The van der Waals surface area contributed by atoms with Crippen LogP contribution in [0.4, 0.5) is 0 Å². The van der Waals surface area contributed by atoms with E-state index in [1.165, 1.54) is 0 Å². The molecular formula is C22H22N6O. The molecule has 7 heteroatoms. The van der Waals surface area contributed by atoms with Gasteiger partial charge in [-0.3, -0.25) is 9.36 Å². The van der Waals surface area contributed by atoms with Crippen molar-refractivity contribution in [3.05, 3.63) is 61.4 Å². The van der Waals surface area contributed by atoms with Gasteiger partial charge < -0.3 is 4.74 Å². The molecule has 1 aliphatic heterocycles. The van der Waals surface area contributed by atoms with Crippen LogP contribution in [-0.2, 0) is 11.8 Å². The van der Waals surface area contributed by atoms with E-state index in [1.54, 1.807) is 4.68 Å². The normalized spacial score (nSPS) is 14.9. The summed E-state index contributed by atoms with van der Waals surface area (Å²) < 4.78 is 9.28. The van der Waals surface area contributed by atoms with E-state index in [9.17, 15) is 0 Å². The van der Waals surface area contributed by atoms with Crippen LogP contribution in [0.15, 0.2) is 61.4 Å². The predicted molar refractivity (Wildman–Crippen MR) is 110 cm³/mol. The van der Waals surface area contributed by atoms with E-state index in [0.29, 0.717) is 11.9 Å². The van der Waals surface area contributed by atoms with Gasteiger partial charge in [-0.2, -0.15) is 10.2 Å². The molecule has 1 saturated heterocycles. The monoisotopic (exact) mass is 386 g/mol. The van der Waals surface area contributed by atoms with E-state index in [1.807, 2.05) is 54.8 Å². The van der Waals surface area contributed by atoms with Gasteiger partial charge in [0.25, 0.3) is 0 Å². The van der Waals surface area contributed by atoms with Crippen molar-refractivity contribution >= 4 is 0 Å². The molecule has 4 aromatic rings. The molecule has 0 bridgehead atoms. The first-order valence-electron chi connectivity index (χ1n) is 9.80. The van der Waals surface area contributed by atoms with Crippen molar-refractivity contribution in [2.75, 3.05) is 13.2 Å². The zero-order valence-electron chi connectivity index (χ0n) is 16.3. The zero-order valence-corrected chi connectivity index (χ0v) is 16.3. The topological polar surface area (TPSA) is 70.7 Å². The number of aryl methyl sites for hydroxylation is 1. The van der Waals surface area contributed by atoms with Crippen molar-refractivity contribution in [2.24, 2.45) is 7.05 Å². The second-order valence-corrected chi connectivity index (χ2v) is 7.33. The van der Waals surface area contributed by atoms with Gasteiger partial charge in [-0.1, -0.05) is 18.2 Å². The fraction of sp³-hybridized carbons (Fsp3) is 0.273. The summed E-state index contributed by atoms with van der Waals surface area (Å²) in [6.07, 6.45) is 13.6. The van der Waals surface area contributed by atoms with E-state index < -0.39 is 0 Å². The van der Waals surface area contributed by atoms with Gasteiger partial charge in [-0.05, 0) is 24.5 Å². The lowest BCUT2D eigenvalue weighted by Crippen LogP contribution is -2.19. The molecule has 29 heavy (non-hydrogen) atoms. The van der Waals surface area contributed by atoms with Gasteiger partial charge in [-0.25, -0.2) is 9.97 Å². The summed E-state index contributed by atoms with van der Waals surface area (Å²) in [5.74, 6) is 0.705. The third-order valence-electron chi connectivity index (χ3n) is 5.31. The van der Waals surface area contributed by atoms with E-state index in [2.05, 4.69) is 38.5 Å². The van der Waals surface area contributed by atoms with Crippen LogP contribution in [0, 0.1) is 0 Å². The Hall–Kier alpha value is -3.32. The molecular weight excluding hydrogens is 364 g/mol. The number of aromatic nitrogens is 6. The number of hydrogen-bond donors (Lipinski definition) is 0. The number of rotatable bonds is 4. The Kier molecular flexibility index (Phi) is 4.65. The van der Waals surface area contributed by atoms with Crippen LogP contribution in [-0.4, -0.2) is 42.7 Å². The number of hydrogen-bond acceptors (Lipinski definition) is 5. The molecule has 0 spiro atoms. The average Bonchev–Trinajstić information content (AvgIpc) is 3.44. The largest absolute Gasteiger partial charge is 0.381 e. The van der Waals surface area contributed by atoms with Gasteiger partial charge in [0.15, 0.2) is 5.82 Å². The highest BCUT2D eigenvalue weighted by Crippen LogP contribution is 2.26. The molecule has 0 unspecified atom stereocenters. The quantitative estimate of drug-likeness (QED) is 0.534. The third-order valence-corrected chi connectivity index (χ3v) is 5.31. The van der Waals surface area contributed by atoms with Crippen LogP contribution in [0.2, 0.25) is 0 Å². The van der Waals surface area contributed by atoms with E-state index in [4.69, 9.17) is 4.74 Å². The Balaban J connectivity index is 1.37. The average molecular weight is 386 g/mol. The minimum Gasteiger partial charge on any atom is -0.381 e. The molecule has 0 aliphatic carbocycles. The van der Waals surface area contributed by atoms with Gasteiger partial charge >= 0.3 is 0 Å². The minimum absolute atomic E-state index is 0.410. The standard InChI is InChI=1S/C22H22N6O/c1-27-14-19(12-25-27)16-3-2-4-17(9-16)22-23-10-18(11-24-22)20-13-26-28(15-20)21-5-7-29-8-6-21/h2-4,9-15,21H,5-8H2,1H3. The molecule has 1 aliphatic rings. The first kappa shape index (κ1) is 17.8. The van der Waals surface area contributed by atoms with Gasteiger partial charge in [0, 0.05) is 67.3 Å². The summed E-state index contributed by atoms with van der Waals surface area (Å²) in [6, 6.07) is 8.62. The number of ether oxygens (including phenoxy) is 1. The summed E-state index contributed by atoms with van der Waals surface area (Å²) in [5.41, 5.74) is 5.16.